The van der Waals surface area contributed by atoms with Crippen molar-refractivity contribution in [1.29, 1.82) is 0 Å². The van der Waals surface area contributed by atoms with Crippen molar-refractivity contribution < 1.29 is 9.90 Å². The van der Waals surface area contributed by atoms with E-state index in [1.807, 2.05) is 0 Å². The molecule has 0 saturated heterocycles. The molecule has 0 aliphatic carbocycles. The Morgan fingerprint density at radius 2 is 1.84 bits per heavy atom. The van der Waals surface area contributed by atoms with Crippen LogP contribution in [0.25, 0.3) is 0 Å². The van der Waals surface area contributed by atoms with Gasteiger partial charge in [0.2, 0.25) is 0 Å². The molecule has 2 aromatic rings. The third kappa shape index (κ3) is 2.92. The van der Waals surface area contributed by atoms with Crippen LogP contribution in [0, 0.1) is 0 Å². The Morgan fingerprint density at radius 1 is 1.16 bits per heavy atom. The van der Waals surface area contributed by atoms with Crippen LogP contribution < -0.4 is 11.1 Å². The molecule has 0 saturated carbocycles. The summed E-state index contributed by atoms with van der Waals surface area (Å²) in [5.74, 6) is -0.599. The highest BCUT2D eigenvalue weighted by Crippen LogP contribution is 2.31. The van der Waals surface area contributed by atoms with Crippen LogP contribution in [-0.4, -0.2) is 11.0 Å². The van der Waals surface area contributed by atoms with Gasteiger partial charge < -0.3 is 16.2 Å². The molecule has 0 atom stereocenters. The fourth-order valence-corrected chi connectivity index (χ4v) is 1.90. The van der Waals surface area contributed by atoms with Crippen molar-refractivity contribution in [3.8, 4) is 5.75 Å². The lowest BCUT2D eigenvalue weighted by molar-refractivity contribution is 0.102. The largest absolute Gasteiger partial charge is 0.507 e. The van der Waals surface area contributed by atoms with Crippen molar-refractivity contribution in [2.24, 2.45) is 0 Å². The van der Waals surface area contributed by atoms with E-state index in [1.54, 1.807) is 12.1 Å². The van der Waals surface area contributed by atoms with Crippen molar-refractivity contribution in [2.45, 2.75) is 0 Å². The molecule has 6 heteroatoms. The number of hydrogen-bond donors (Lipinski definition) is 3. The van der Waals surface area contributed by atoms with Gasteiger partial charge in [0, 0.05) is 0 Å². The number of nitrogens with one attached hydrogen (secondary N) is 1. The number of carbonyl (C=O) groups is 1. The molecule has 19 heavy (non-hydrogen) atoms. The molecule has 0 spiro atoms. The molecule has 0 bridgehead atoms. The third-order valence-corrected chi connectivity index (χ3v) is 3.12. The Hall–Kier alpha value is -1.91. The van der Waals surface area contributed by atoms with Gasteiger partial charge in [-0.15, -0.1) is 0 Å². The molecular weight excluding hydrogens is 287 g/mol. The van der Waals surface area contributed by atoms with Crippen molar-refractivity contribution >= 4 is 40.5 Å². The summed E-state index contributed by atoms with van der Waals surface area (Å²) in [6, 6.07) is 9.09. The van der Waals surface area contributed by atoms with Gasteiger partial charge in [-0.05, 0) is 24.3 Å². The van der Waals surface area contributed by atoms with Crippen LogP contribution in [0.15, 0.2) is 36.4 Å². The summed E-state index contributed by atoms with van der Waals surface area (Å²) in [4.78, 5) is 12.0. The number of nitrogen functional groups attached to an aromatic ring is 1. The van der Waals surface area contributed by atoms with E-state index in [0.717, 1.165) is 0 Å². The van der Waals surface area contributed by atoms with Crippen molar-refractivity contribution in [2.75, 3.05) is 11.1 Å². The maximum absolute atomic E-state index is 12.0. The molecule has 4 nitrogen and oxygen atoms in total. The Balaban J connectivity index is 2.30. The molecule has 0 aromatic heterocycles. The van der Waals surface area contributed by atoms with Crippen LogP contribution in [0.4, 0.5) is 11.4 Å². The first-order chi connectivity index (χ1) is 8.99. The minimum atomic E-state index is -0.485. The molecule has 0 aliphatic rings. The number of nitrogens with two attached hydrogens (primary N) is 1. The average Bonchev–Trinajstić information content (AvgIpc) is 2.36. The number of phenols is 1. The summed E-state index contributed by atoms with van der Waals surface area (Å²) >= 11 is 11.8. The first-order valence-corrected chi connectivity index (χ1v) is 6.08. The number of amides is 1. The lowest BCUT2D eigenvalue weighted by Crippen LogP contribution is -2.12. The molecule has 2 rings (SSSR count). The van der Waals surface area contributed by atoms with Gasteiger partial charge in [-0.2, -0.15) is 0 Å². The van der Waals surface area contributed by atoms with E-state index < -0.39 is 5.91 Å². The molecule has 0 aliphatic heterocycles. The molecule has 0 fully saturated rings. The smallest absolute Gasteiger partial charge is 0.259 e. The molecule has 4 N–H and O–H groups in total. The second kappa shape index (κ2) is 5.38. The van der Waals surface area contributed by atoms with E-state index in [4.69, 9.17) is 28.9 Å². The van der Waals surface area contributed by atoms with Crippen LogP contribution >= 0.6 is 23.2 Å². The lowest BCUT2D eigenvalue weighted by atomic mass is 10.2. The maximum atomic E-state index is 12.0. The van der Waals surface area contributed by atoms with Crippen LogP contribution in [0.2, 0.25) is 10.0 Å². The summed E-state index contributed by atoms with van der Waals surface area (Å²) in [5.41, 5.74) is 6.39. The van der Waals surface area contributed by atoms with Gasteiger partial charge in [-0.25, -0.2) is 0 Å². The zero-order chi connectivity index (χ0) is 14.0. The van der Waals surface area contributed by atoms with E-state index >= 15 is 0 Å². The zero-order valence-electron chi connectivity index (χ0n) is 9.65. The monoisotopic (exact) mass is 296 g/mol. The number of para-hydroxylation sites is 1. The Labute approximate surface area is 119 Å². The van der Waals surface area contributed by atoms with Gasteiger partial charge in [-0.1, -0.05) is 35.3 Å². The van der Waals surface area contributed by atoms with Crippen LogP contribution in [0.5, 0.6) is 5.75 Å². The van der Waals surface area contributed by atoms with Gasteiger partial charge in [0.15, 0.2) is 0 Å². The molecule has 0 unspecified atom stereocenters. The summed E-state index contributed by atoms with van der Waals surface area (Å²) in [6.45, 7) is 0. The standard InChI is InChI=1S/C13H10Cl2N2O2/c14-8-6-11(9(15)5-10(8)16)17-13(19)7-3-1-2-4-12(7)18/h1-6,18H,16H2,(H,17,19). The van der Waals surface area contributed by atoms with Gasteiger partial charge in [-0.3, -0.25) is 4.79 Å². The number of hydrogen-bond acceptors (Lipinski definition) is 3. The van der Waals surface area contributed by atoms with Crippen molar-refractivity contribution in [3.63, 3.8) is 0 Å². The second-order valence-electron chi connectivity index (χ2n) is 3.82. The van der Waals surface area contributed by atoms with E-state index in [9.17, 15) is 9.90 Å². The minimum absolute atomic E-state index is 0.113. The zero-order valence-corrected chi connectivity index (χ0v) is 11.2. The van der Waals surface area contributed by atoms with Gasteiger partial charge in [0.1, 0.15) is 5.75 Å². The van der Waals surface area contributed by atoms with Crippen molar-refractivity contribution in [3.05, 3.63) is 52.0 Å². The third-order valence-electron chi connectivity index (χ3n) is 2.48. The molecule has 2 aromatic carbocycles. The predicted molar refractivity (Wildman–Crippen MR) is 76.9 cm³/mol. The van der Waals surface area contributed by atoms with Crippen molar-refractivity contribution in [1.82, 2.24) is 0 Å². The number of anilines is 2. The first-order valence-electron chi connectivity index (χ1n) is 5.33. The summed E-state index contributed by atoms with van der Waals surface area (Å²) in [7, 11) is 0. The number of benzene rings is 2. The topological polar surface area (TPSA) is 75.3 Å². The number of aromatic hydroxyl groups is 1. The van der Waals surface area contributed by atoms with Crippen LogP contribution in [0.3, 0.4) is 0 Å². The second-order valence-corrected chi connectivity index (χ2v) is 4.64. The SMILES string of the molecule is Nc1cc(Cl)c(NC(=O)c2ccccc2O)cc1Cl. The van der Waals surface area contributed by atoms with E-state index in [2.05, 4.69) is 5.32 Å². The van der Waals surface area contributed by atoms with E-state index in [-0.39, 0.29) is 21.4 Å². The highest BCUT2D eigenvalue weighted by Gasteiger charge is 2.13. The average molecular weight is 297 g/mol. The minimum Gasteiger partial charge on any atom is -0.507 e. The van der Waals surface area contributed by atoms with Gasteiger partial charge >= 0.3 is 0 Å². The van der Waals surface area contributed by atoms with Crippen LogP contribution in [-0.2, 0) is 0 Å². The Kier molecular flexibility index (Phi) is 3.83. The summed E-state index contributed by atoms with van der Waals surface area (Å²) < 4.78 is 0. The summed E-state index contributed by atoms with van der Waals surface area (Å²) in [6.07, 6.45) is 0. The summed E-state index contributed by atoms with van der Waals surface area (Å²) in [5, 5.41) is 12.7. The first kappa shape index (κ1) is 13.5. The lowest BCUT2D eigenvalue weighted by Gasteiger charge is -2.10. The number of phenolic OH excluding ortho intramolecular Hbond substituents is 1. The predicted octanol–water partition coefficient (Wildman–Crippen LogP) is 3.53. The number of rotatable bonds is 2. The highest BCUT2D eigenvalue weighted by molar-refractivity contribution is 6.37. The normalized spacial score (nSPS) is 10.2. The molecule has 0 heterocycles. The fraction of sp³-hybridized carbons (Fsp3) is 0. The van der Waals surface area contributed by atoms with E-state index in [0.29, 0.717) is 11.4 Å². The number of halogens is 2. The maximum Gasteiger partial charge on any atom is 0.259 e. The Bertz CT molecular complexity index is 645. The molecular formula is C13H10Cl2N2O2. The van der Waals surface area contributed by atoms with Crippen LogP contribution in [0.1, 0.15) is 10.4 Å². The van der Waals surface area contributed by atoms with E-state index in [1.165, 1.54) is 24.3 Å². The molecule has 1 amide bonds. The number of carbonyl (C=O) groups excluding carboxylic acids is 1. The van der Waals surface area contributed by atoms with Gasteiger partial charge in [0.05, 0.1) is 27.0 Å². The Morgan fingerprint density at radius 3 is 2.53 bits per heavy atom. The fourth-order valence-electron chi connectivity index (χ4n) is 1.51. The molecule has 0 radical (unpaired) electrons. The highest BCUT2D eigenvalue weighted by atomic mass is 35.5. The quantitative estimate of drug-likeness (QED) is 0.742. The molecule has 98 valence electrons. The van der Waals surface area contributed by atoms with Gasteiger partial charge in [0.25, 0.3) is 5.91 Å².